The predicted octanol–water partition coefficient (Wildman–Crippen LogP) is 1.55. The van der Waals surface area contributed by atoms with Gasteiger partial charge in [0.2, 0.25) is 11.8 Å². The molecule has 1 aliphatic carbocycles. The van der Waals surface area contributed by atoms with Crippen molar-refractivity contribution < 1.29 is 52.2 Å². The first-order valence-corrected chi connectivity index (χ1v) is 9.12. The van der Waals surface area contributed by atoms with Gasteiger partial charge in [0.1, 0.15) is 5.78 Å². The average Bonchev–Trinajstić information content (AvgIpc) is 2.54. The monoisotopic (exact) mass is 429 g/mol. The number of ketones is 1. The van der Waals surface area contributed by atoms with Gasteiger partial charge in [0.15, 0.2) is 0 Å². The van der Waals surface area contributed by atoms with E-state index in [-0.39, 0.29) is 75.3 Å². The summed E-state index contributed by atoms with van der Waals surface area (Å²) in [6, 6.07) is 0.211. The molecular weight excluding hydrogens is 397 g/mol. The predicted molar refractivity (Wildman–Crippen MR) is 92.3 cm³/mol. The van der Waals surface area contributed by atoms with E-state index in [1.807, 2.05) is 13.8 Å². The van der Waals surface area contributed by atoms with Crippen LogP contribution in [0.4, 0.5) is 0 Å². The summed E-state index contributed by atoms with van der Waals surface area (Å²) in [4.78, 5) is 34.8. The smallest absolute Gasteiger partial charge is 0.222 e. The van der Waals surface area contributed by atoms with Gasteiger partial charge in [-0.1, -0.05) is 13.8 Å². The van der Waals surface area contributed by atoms with Gasteiger partial charge < -0.3 is 15.7 Å². The van der Waals surface area contributed by atoms with E-state index in [0.29, 0.717) is 31.7 Å². The number of nitrogens with one attached hydrogen (secondary N) is 2. The van der Waals surface area contributed by atoms with Gasteiger partial charge >= 0.3 is 0 Å². The zero-order chi connectivity index (χ0) is 17.9. The van der Waals surface area contributed by atoms with Crippen LogP contribution in [0.15, 0.2) is 0 Å². The molecule has 3 N–H and O–H groups in total. The summed E-state index contributed by atoms with van der Waals surface area (Å²) in [6.07, 6.45) is 5.49. The Kier molecular flexibility index (Phi) is 13.6. The first-order chi connectivity index (χ1) is 11.4. The van der Waals surface area contributed by atoms with Crippen LogP contribution >= 0.6 is 0 Å². The molecule has 0 atom stereocenters. The number of hydrogen-bond donors (Lipinski definition) is 3. The minimum atomic E-state index is -0.118. The largest absolute Gasteiger partial charge is 0.396 e. The number of hydrogen-bond acceptors (Lipinski definition) is 4. The van der Waals surface area contributed by atoms with E-state index in [9.17, 15) is 14.4 Å². The van der Waals surface area contributed by atoms with E-state index in [1.165, 1.54) is 0 Å². The molecule has 1 radical (unpaired) electrons. The minimum absolute atomic E-state index is 0. The molecule has 7 heteroatoms. The second-order valence-electron chi connectivity index (χ2n) is 7.04. The molecule has 1 aliphatic rings. The number of aliphatic hydroxyl groups excluding tert-OH is 1. The Morgan fingerprint density at radius 2 is 1.64 bits per heavy atom. The Balaban J connectivity index is 0.00000576. The summed E-state index contributed by atoms with van der Waals surface area (Å²) in [5, 5.41) is 14.6. The molecule has 25 heavy (non-hydrogen) atoms. The van der Waals surface area contributed by atoms with Crippen molar-refractivity contribution in [1.29, 1.82) is 0 Å². The molecule has 0 aromatic rings. The molecule has 141 valence electrons. The number of aliphatic hydroxyl groups is 1. The summed E-state index contributed by atoms with van der Waals surface area (Å²) < 4.78 is 0. The number of rotatable bonds is 10. The fourth-order valence-electron chi connectivity index (χ4n) is 2.97. The van der Waals surface area contributed by atoms with Gasteiger partial charge in [-0.3, -0.25) is 14.4 Å². The van der Waals surface area contributed by atoms with E-state index in [2.05, 4.69) is 10.6 Å². The van der Waals surface area contributed by atoms with Crippen LogP contribution in [-0.2, 0) is 47.1 Å². The van der Waals surface area contributed by atoms with Gasteiger partial charge in [0, 0.05) is 70.5 Å². The Hall–Kier alpha value is -0.326. The van der Waals surface area contributed by atoms with Crippen molar-refractivity contribution in [2.24, 2.45) is 11.8 Å². The molecule has 0 saturated heterocycles. The van der Waals surface area contributed by atoms with Crippen LogP contribution in [0.5, 0.6) is 0 Å². The summed E-state index contributed by atoms with van der Waals surface area (Å²) in [6.45, 7) is 4.30. The summed E-state index contributed by atoms with van der Waals surface area (Å²) >= 11 is 0. The molecule has 0 aliphatic heterocycles. The molecule has 0 spiro atoms. The first-order valence-electron chi connectivity index (χ1n) is 9.12. The summed E-state index contributed by atoms with van der Waals surface area (Å²) in [5.74, 6) is 0.632. The number of amides is 2. The maximum atomic E-state index is 11.9. The zero-order valence-electron chi connectivity index (χ0n) is 15.6. The van der Waals surface area contributed by atoms with E-state index < -0.39 is 0 Å². The molecule has 0 heterocycles. The first kappa shape index (κ1) is 24.7. The molecule has 1 rings (SSSR count). The summed E-state index contributed by atoms with van der Waals surface area (Å²) in [7, 11) is 0. The standard InChI is InChI=1S/C18H32N2O4.Y/c1-13(2)16(22)4-3-5-18(24)20-15-8-6-14(7-9-15)12-19-17(23)10-11-21;/h13-15,21H,3-12H2,1-2H3,(H,19,23)(H,20,24);. The van der Waals surface area contributed by atoms with Gasteiger partial charge in [-0.25, -0.2) is 0 Å². The van der Waals surface area contributed by atoms with Crippen LogP contribution in [-0.4, -0.2) is 41.9 Å². The quantitative estimate of drug-likeness (QED) is 0.491. The van der Waals surface area contributed by atoms with Crippen molar-refractivity contribution in [3.05, 3.63) is 0 Å². The van der Waals surface area contributed by atoms with Crippen molar-refractivity contribution in [2.45, 2.75) is 71.3 Å². The number of carbonyl (C=O) groups is 3. The molecule has 0 bridgehead atoms. The molecule has 2 amide bonds. The fraction of sp³-hybridized carbons (Fsp3) is 0.833. The van der Waals surface area contributed by atoms with Crippen molar-refractivity contribution in [1.82, 2.24) is 10.6 Å². The topological polar surface area (TPSA) is 95.5 Å². The number of carbonyl (C=O) groups excluding carboxylic acids is 3. The van der Waals surface area contributed by atoms with Crippen LogP contribution in [0.3, 0.4) is 0 Å². The zero-order valence-corrected chi connectivity index (χ0v) is 18.4. The van der Waals surface area contributed by atoms with Crippen LogP contribution in [0, 0.1) is 11.8 Å². The van der Waals surface area contributed by atoms with Crippen LogP contribution in [0.25, 0.3) is 0 Å². The minimum Gasteiger partial charge on any atom is -0.396 e. The maximum Gasteiger partial charge on any atom is 0.222 e. The third kappa shape index (κ3) is 11.1. The maximum absolute atomic E-state index is 11.9. The molecule has 0 unspecified atom stereocenters. The second-order valence-corrected chi connectivity index (χ2v) is 7.04. The summed E-state index contributed by atoms with van der Waals surface area (Å²) in [5.41, 5.74) is 0. The Labute approximate surface area is 176 Å². The van der Waals surface area contributed by atoms with E-state index in [4.69, 9.17) is 5.11 Å². The Morgan fingerprint density at radius 3 is 2.20 bits per heavy atom. The van der Waals surface area contributed by atoms with Crippen molar-refractivity contribution >= 4 is 17.6 Å². The average molecular weight is 429 g/mol. The number of Topliss-reactive ketones (excluding diaryl/α,β-unsaturated/α-hetero) is 1. The van der Waals surface area contributed by atoms with E-state index >= 15 is 0 Å². The van der Waals surface area contributed by atoms with Crippen molar-refractivity contribution in [2.75, 3.05) is 13.2 Å². The Bertz CT molecular complexity index is 421. The molecule has 1 fully saturated rings. The molecule has 6 nitrogen and oxygen atoms in total. The van der Waals surface area contributed by atoms with Crippen molar-refractivity contribution in [3.8, 4) is 0 Å². The Morgan fingerprint density at radius 1 is 1.00 bits per heavy atom. The van der Waals surface area contributed by atoms with Gasteiger partial charge in [0.05, 0.1) is 6.61 Å². The molecule has 1 saturated carbocycles. The molecule has 0 aromatic heterocycles. The normalized spacial score (nSPS) is 19.8. The molecular formula is C18H32N2O4Y. The third-order valence-corrected chi connectivity index (χ3v) is 4.61. The SMILES string of the molecule is CC(C)C(=O)CCCC(=O)NC1CCC(CNC(=O)CCO)CC1.[Y]. The van der Waals surface area contributed by atoms with Crippen LogP contribution in [0.1, 0.15) is 65.2 Å². The van der Waals surface area contributed by atoms with Gasteiger partial charge in [-0.2, -0.15) is 0 Å². The van der Waals surface area contributed by atoms with Gasteiger partial charge in [0.25, 0.3) is 0 Å². The van der Waals surface area contributed by atoms with E-state index in [0.717, 1.165) is 25.7 Å². The van der Waals surface area contributed by atoms with Gasteiger partial charge in [-0.05, 0) is 38.0 Å². The van der Waals surface area contributed by atoms with Crippen LogP contribution < -0.4 is 10.6 Å². The van der Waals surface area contributed by atoms with Crippen LogP contribution in [0.2, 0.25) is 0 Å². The third-order valence-electron chi connectivity index (χ3n) is 4.61. The second kappa shape index (κ2) is 13.8. The van der Waals surface area contributed by atoms with Gasteiger partial charge in [-0.15, -0.1) is 0 Å². The van der Waals surface area contributed by atoms with E-state index in [1.54, 1.807) is 0 Å². The van der Waals surface area contributed by atoms with Crippen molar-refractivity contribution in [3.63, 3.8) is 0 Å². The molecule has 0 aromatic carbocycles. The fourth-order valence-corrected chi connectivity index (χ4v) is 2.97.